The second-order valence-corrected chi connectivity index (χ2v) is 12.8. The van der Waals surface area contributed by atoms with Gasteiger partial charge in [-0.25, -0.2) is 0 Å². The van der Waals surface area contributed by atoms with Crippen molar-refractivity contribution in [3.05, 3.63) is 0 Å². The number of nitrogens with one attached hydrogen (secondary N) is 2. The van der Waals surface area contributed by atoms with Crippen molar-refractivity contribution in [2.24, 2.45) is 5.92 Å². The van der Waals surface area contributed by atoms with Crippen LogP contribution in [0, 0.1) is 5.92 Å². The third-order valence-electron chi connectivity index (χ3n) is 9.97. The zero-order chi connectivity index (χ0) is 25.1. The fraction of sp³-hybridized carbons (Fsp3) is 0.926. The number of carbonyl (C=O) groups is 2. The van der Waals surface area contributed by atoms with Crippen LogP contribution < -0.4 is 15.5 Å². The summed E-state index contributed by atoms with van der Waals surface area (Å²) in [6.07, 6.45) is 11.7. The summed E-state index contributed by atoms with van der Waals surface area (Å²) in [5, 5.41) is 6.04. The number of piperidine rings is 1. The maximum absolute atomic E-state index is 13.2. The second kappa shape index (κ2) is 12.3. The van der Waals surface area contributed by atoms with Gasteiger partial charge in [-0.15, -0.1) is 11.6 Å². The van der Waals surface area contributed by atoms with Crippen molar-refractivity contribution < 1.29 is 19.8 Å². The van der Waals surface area contributed by atoms with Gasteiger partial charge in [0.15, 0.2) is 0 Å². The molecule has 5 fully saturated rings. The molecule has 5 rings (SSSR count). The third kappa shape index (κ3) is 6.20. The average molecular weight is 525 g/mol. The summed E-state index contributed by atoms with van der Waals surface area (Å²) in [4.78, 5) is 34.8. The highest BCUT2D eigenvalue weighted by Crippen LogP contribution is 2.30. The monoisotopic (exact) mass is 524 g/mol. The molecule has 4 saturated heterocycles. The molecule has 0 aromatic heterocycles. The SMILES string of the molecule is C[NH+]1[C@@H](CCC(=O)N2CCN(C3CCCC[NH2+]3)CC2)CNC(=O)[C@@H]2[C@@H]1CCN2CC1CCCC(Cl)C1. The summed E-state index contributed by atoms with van der Waals surface area (Å²) < 4.78 is 0. The van der Waals surface area contributed by atoms with Gasteiger partial charge in [-0.2, -0.15) is 0 Å². The number of halogens is 1. The third-order valence-corrected chi connectivity index (χ3v) is 10.4. The lowest BCUT2D eigenvalue weighted by atomic mass is 9.88. The normalized spacial score (nSPS) is 38.9. The van der Waals surface area contributed by atoms with Crippen molar-refractivity contribution in [1.29, 1.82) is 0 Å². The van der Waals surface area contributed by atoms with E-state index in [4.69, 9.17) is 11.6 Å². The molecular weight excluding hydrogens is 476 g/mol. The molecule has 4 heterocycles. The van der Waals surface area contributed by atoms with Crippen LogP contribution in [0.15, 0.2) is 0 Å². The van der Waals surface area contributed by atoms with Crippen LogP contribution in [0.1, 0.15) is 64.2 Å². The van der Waals surface area contributed by atoms with Crippen molar-refractivity contribution in [3.63, 3.8) is 0 Å². The lowest BCUT2D eigenvalue weighted by molar-refractivity contribution is -0.928. The number of quaternary nitrogens is 2. The highest BCUT2D eigenvalue weighted by molar-refractivity contribution is 6.20. The summed E-state index contributed by atoms with van der Waals surface area (Å²) in [5.41, 5.74) is 0. The van der Waals surface area contributed by atoms with E-state index >= 15 is 0 Å². The van der Waals surface area contributed by atoms with Gasteiger partial charge < -0.3 is 20.4 Å². The number of likely N-dealkylation sites (tertiary alicyclic amines) is 1. The van der Waals surface area contributed by atoms with Crippen LogP contribution in [0.2, 0.25) is 0 Å². The second-order valence-electron chi connectivity index (χ2n) is 12.2. The molecule has 1 saturated carbocycles. The summed E-state index contributed by atoms with van der Waals surface area (Å²) >= 11 is 6.45. The van der Waals surface area contributed by atoms with Gasteiger partial charge in [-0.05, 0) is 38.0 Å². The molecule has 0 radical (unpaired) electrons. The van der Waals surface area contributed by atoms with E-state index in [0.29, 0.717) is 48.4 Å². The number of nitrogens with two attached hydrogens (primary N) is 1. The predicted octanol–water partition coefficient (Wildman–Crippen LogP) is -0.762. The van der Waals surface area contributed by atoms with E-state index < -0.39 is 0 Å². The number of piperazine rings is 1. The predicted molar refractivity (Wildman–Crippen MR) is 141 cm³/mol. The molecule has 0 spiro atoms. The molecule has 1 aliphatic carbocycles. The molecule has 0 bridgehead atoms. The fourth-order valence-electron chi connectivity index (χ4n) is 7.75. The maximum Gasteiger partial charge on any atom is 0.243 e. The molecule has 204 valence electrons. The van der Waals surface area contributed by atoms with Gasteiger partial charge in [0.25, 0.3) is 0 Å². The summed E-state index contributed by atoms with van der Waals surface area (Å²) in [6.45, 7) is 7.64. The standard InChI is InChI=1S/C27H47ClN6O2/c1-31-22(8-9-25(35)33-15-13-32(14-16-33)24-7-2-3-11-29-24)18-30-27(36)26-23(31)10-12-34(26)19-20-5-4-6-21(28)17-20/h20-24,26,29H,2-19H2,1H3,(H,30,36)/p+2/t20?,21?,22-,23-,24?,26-/m0/s1. The van der Waals surface area contributed by atoms with E-state index in [-0.39, 0.29) is 11.9 Å². The number of likely N-dealkylation sites (N-methyl/N-ethyl adjacent to an activating group) is 1. The first-order valence-electron chi connectivity index (χ1n) is 14.8. The van der Waals surface area contributed by atoms with Gasteiger partial charge in [0.05, 0.1) is 20.1 Å². The van der Waals surface area contributed by atoms with E-state index in [2.05, 4.69) is 32.4 Å². The molecular formula is C27H49ClN6O2+2. The van der Waals surface area contributed by atoms with Crippen molar-refractivity contribution in [1.82, 2.24) is 20.0 Å². The first-order valence-corrected chi connectivity index (χ1v) is 15.3. The Hall–Kier alpha value is -0.930. The topological polar surface area (TPSA) is 76.9 Å². The summed E-state index contributed by atoms with van der Waals surface area (Å²) in [7, 11) is 2.26. The Bertz CT molecular complexity index is 757. The van der Waals surface area contributed by atoms with Gasteiger partial charge in [0.1, 0.15) is 24.3 Å². The smallest absolute Gasteiger partial charge is 0.243 e. The Labute approximate surface area is 222 Å². The van der Waals surface area contributed by atoms with E-state index in [1.54, 1.807) is 0 Å². The van der Waals surface area contributed by atoms with Crippen LogP contribution in [0.5, 0.6) is 0 Å². The Kier molecular flexibility index (Phi) is 9.10. The van der Waals surface area contributed by atoms with Crippen molar-refractivity contribution >= 4 is 23.4 Å². The minimum absolute atomic E-state index is 0.0360. The molecule has 0 aromatic rings. The Morgan fingerprint density at radius 1 is 1.08 bits per heavy atom. The molecule has 36 heavy (non-hydrogen) atoms. The first kappa shape index (κ1) is 26.7. The molecule has 8 nitrogen and oxygen atoms in total. The molecule has 0 aromatic carbocycles. The van der Waals surface area contributed by atoms with Gasteiger partial charge in [-0.3, -0.25) is 19.4 Å². The van der Waals surface area contributed by atoms with Gasteiger partial charge >= 0.3 is 0 Å². The van der Waals surface area contributed by atoms with Crippen LogP contribution >= 0.6 is 11.6 Å². The number of amides is 2. The van der Waals surface area contributed by atoms with Gasteiger partial charge in [0, 0.05) is 70.3 Å². The zero-order valence-corrected chi connectivity index (χ0v) is 23.1. The number of hydrogen-bond acceptors (Lipinski definition) is 4. The van der Waals surface area contributed by atoms with Crippen molar-refractivity contribution in [2.75, 3.05) is 59.4 Å². The highest BCUT2D eigenvalue weighted by atomic mass is 35.5. The summed E-state index contributed by atoms with van der Waals surface area (Å²) in [6, 6.07) is 0.581. The van der Waals surface area contributed by atoms with E-state index in [9.17, 15) is 9.59 Å². The van der Waals surface area contributed by atoms with Crippen LogP contribution in [0.4, 0.5) is 0 Å². The minimum Gasteiger partial charge on any atom is -0.349 e. The van der Waals surface area contributed by atoms with Crippen LogP contribution in [-0.2, 0) is 9.59 Å². The lowest BCUT2D eigenvalue weighted by Gasteiger charge is -2.39. The minimum atomic E-state index is -0.0360. The Morgan fingerprint density at radius 3 is 2.67 bits per heavy atom. The molecule has 2 amide bonds. The van der Waals surface area contributed by atoms with Crippen LogP contribution in [0.3, 0.4) is 0 Å². The van der Waals surface area contributed by atoms with Crippen molar-refractivity contribution in [3.8, 4) is 0 Å². The number of alkyl halides is 1. The quantitative estimate of drug-likeness (QED) is 0.399. The number of hydrogen-bond donors (Lipinski definition) is 3. The van der Waals surface area contributed by atoms with E-state index in [1.165, 1.54) is 43.5 Å². The molecule has 5 aliphatic rings. The summed E-state index contributed by atoms with van der Waals surface area (Å²) in [5.74, 6) is 1.10. The Morgan fingerprint density at radius 2 is 1.92 bits per heavy atom. The molecule has 4 unspecified atom stereocenters. The average Bonchev–Trinajstić information content (AvgIpc) is 3.27. The van der Waals surface area contributed by atoms with Crippen LogP contribution in [-0.4, -0.2) is 116 Å². The van der Waals surface area contributed by atoms with E-state index in [1.807, 2.05) is 0 Å². The molecule has 7 atom stereocenters. The Balaban J connectivity index is 1.10. The van der Waals surface area contributed by atoms with Gasteiger partial charge in [0.2, 0.25) is 11.8 Å². The lowest BCUT2D eigenvalue weighted by Crippen LogP contribution is -3.18. The largest absolute Gasteiger partial charge is 0.349 e. The highest BCUT2D eigenvalue weighted by Gasteiger charge is 2.48. The molecule has 9 heteroatoms. The zero-order valence-electron chi connectivity index (χ0n) is 22.3. The van der Waals surface area contributed by atoms with Crippen LogP contribution in [0.25, 0.3) is 0 Å². The van der Waals surface area contributed by atoms with Crippen molar-refractivity contribution in [2.45, 2.75) is 93.9 Å². The van der Waals surface area contributed by atoms with Gasteiger partial charge in [-0.1, -0.05) is 6.42 Å². The number of fused-ring (bicyclic) bond motifs is 1. The fourth-order valence-corrected chi connectivity index (χ4v) is 8.15. The number of nitrogens with zero attached hydrogens (tertiary/aromatic N) is 3. The first-order chi connectivity index (χ1) is 17.5. The number of carbonyl (C=O) groups excluding carboxylic acids is 2. The van der Waals surface area contributed by atoms with E-state index in [0.717, 1.165) is 65.0 Å². The molecule has 4 aliphatic heterocycles. The molecule has 4 N–H and O–H groups in total. The number of rotatable bonds is 6. The maximum atomic E-state index is 13.2.